The molecule has 0 unspecified atom stereocenters. The van der Waals surface area contributed by atoms with Crippen molar-refractivity contribution in [2.75, 3.05) is 17.7 Å². The molecule has 2 aromatic heterocycles. The first-order valence-electron chi connectivity index (χ1n) is 6.22. The van der Waals surface area contributed by atoms with Gasteiger partial charge >= 0.3 is 0 Å². The third-order valence-electron chi connectivity index (χ3n) is 2.89. The van der Waals surface area contributed by atoms with E-state index >= 15 is 0 Å². The standard InChI is InChI=1S/C12H19N5O/c1-2-3-4-8(7-18)15-11-10-9(5-6-14-10)16-12(13)17-11/h5-6,8,14,18H,2-4,7H2,1H3,(H3,13,15,16,17)/t8-/m0/s1. The number of nitrogen functional groups attached to an aromatic ring is 1. The topological polar surface area (TPSA) is 99.8 Å². The lowest BCUT2D eigenvalue weighted by molar-refractivity contribution is 0.267. The molecule has 18 heavy (non-hydrogen) atoms. The van der Waals surface area contributed by atoms with E-state index in [1.165, 1.54) is 0 Å². The molecule has 6 nitrogen and oxygen atoms in total. The first-order valence-corrected chi connectivity index (χ1v) is 6.22. The second kappa shape index (κ2) is 5.68. The number of unbranched alkanes of at least 4 members (excludes halogenated alkanes) is 1. The number of hydrogen-bond acceptors (Lipinski definition) is 5. The summed E-state index contributed by atoms with van der Waals surface area (Å²) >= 11 is 0. The largest absolute Gasteiger partial charge is 0.394 e. The molecule has 0 aromatic carbocycles. The number of rotatable bonds is 6. The lowest BCUT2D eigenvalue weighted by atomic mass is 10.1. The van der Waals surface area contributed by atoms with Crippen LogP contribution in [0.1, 0.15) is 26.2 Å². The van der Waals surface area contributed by atoms with Gasteiger partial charge in [0.15, 0.2) is 5.82 Å². The minimum Gasteiger partial charge on any atom is -0.394 e. The average Bonchev–Trinajstić information content (AvgIpc) is 2.82. The fraction of sp³-hybridized carbons (Fsp3) is 0.500. The SMILES string of the molecule is CCCC[C@@H](CO)Nc1nc(N)nc2cc[nH]c12. The van der Waals surface area contributed by atoms with Crippen molar-refractivity contribution in [3.05, 3.63) is 12.3 Å². The van der Waals surface area contributed by atoms with Crippen LogP contribution in [0.3, 0.4) is 0 Å². The summed E-state index contributed by atoms with van der Waals surface area (Å²) in [6.45, 7) is 2.20. The van der Waals surface area contributed by atoms with Gasteiger partial charge in [0.1, 0.15) is 5.52 Å². The summed E-state index contributed by atoms with van der Waals surface area (Å²) in [6, 6.07) is 1.84. The fourth-order valence-corrected chi connectivity index (χ4v) is 1.92. The van der Waals surface area contributed by atoms with Crippen molar-refractivity contribution in [2.24, 2.45) is 0 Å². The van der Waals surface area contributed by atoms with Crippen LogP contribution in [0.2, 0.25) is 0 Å². The van der Waals surface area contributed by atoms with Crippen molar-refractivity contribution >= 4 is 22.8 Å². The van der Waals surface area contributed by atoms with E-state index in [0.717, 1.165) is 30.3 Å². The Labute approximate surface area is 106 Å². The highest BCUT2D eigenvalue weighted by Gasteiger charge is 2.12. The van der Waals surface area contributed by atoms with Crippen molar-refractivity contribution in [2.45, 2.75) is 32.2 Å². The summed E-state index contributed by atoms with van der Waals surface area (Å²) < 4.78 is 0. The van der Waals surface area contributed by atoms with Crippen LogP contribution in [0.5, 0.6) is 0 Å². The van der Waals surface area contributed by atoms with E-state index in [1.54, 1.807) is 6.20 Å². The number of nitrogens with two attached hydrogens (primary N) is 1. The minimum absolute atomic E-state index is 0.00856. The Bertz CT molecular complexity index is 510. The summed E-state index contributed by atoms with van der Waals surface area (Å²) in [5, 5.41) is 12.6. The Morgan fingerprint density at radius 1 is 1.50 bits per heavy atom. The Morgan fingerprint density at radius 2 is 2.33 bits per heavy atom. The van der Waals surface area contributed by atoms with Crippen molar-refractivity contribution in [3.8, 4) is 0 Å². The van der Waals surface area contributed by atoms with Crippen molar-refractivity contribution in [3.63, 3.8) is 0 Å². The predicted octanol–water partition coefficient (Wildman–Crippen LogP) is 1.50. The van der Waals surface area contributed by atoms with Gasteiger partial charge in [0.2, 0.25) is 5.95 Å². The maximum atomic E-state index is 9.36. The number of anilines is 2. The fourth-order valence-electron chi connectivity index (χ4n) is 1.92. The number of H-pyrrole nitrogens is 1. The predicted molar refractivity (Wildman–Crippen MR) is 72.3 cm³/mol. The molecule has 0 radical (unpaired) electrons. The molecule has 6 heteroatoms. The smallest absolute Gasteiger partial charge is 0.222 e. The third kappa shape index (κ3) is 2.70. The van der Waals surface area contributed by atoms with Crippen LogP contribution in [0.25, 0.3) is 11.0 Å². The van der Waals surface area contributed by atoms with E-state index in [-0.39, 0.29) is 18.6 Å². The molecule has 2 aromatic rings. The van der Waals surface area contributed by atoms with Gasteiger partial charge in [0.05, 0.1) is 18.2 Å². The lowest BCUT2D eigenvalue weighted by Gasteiger charge is -2.17. The molecule has 0 bridgehead atoms. The molecule has 0 aliphatic heterocycles. The molecule has 0 aliphatic carbocycles. The van der Waals surface area contributed by atoms with Crippen molar-refractivity contribution in [1.29, 1.82) is 0 Å². The van der Waals surface area contributed by atoms with E-state index in [4.69, 9.17) is 5.73 Å². The van der Waals surface area contributed by atoms with Gasteiger partial charge in [-0.3, -0.25) is 0 Å². The van der Waals surface area contributed by atoms with E-state index in [0.29, 0.717) is 5.82 Å². The monoisotopic (exact) mass is 249 g/mol. The number of nitrogens with zero attached hydrogens (tertiary/aromatic N) is 2. The van der Waals surface area contributed by atoms with Gasteiger partial charge in [-0.25, -0.2) is 4.98 Å². The highest BCUT2D eigenvalue weighted by molar-refractivity contribution is 5.86. The van der Waals surface area contributed by atoms with E-state index in [9.17, 15) is 5.11 Å². The number of aromatic nitrogens is 3. The zero-order valence-corrected chi connectivity index (χ0v) is 10.5. The minimum atomic E-state index is -0.00856. The number of hydrogen-bond donors (Lipinski definition) is 4. The van der Waals surface area contributed by atoms with Gasteiger partial charge < -0.3 is 21.1 Å². The van der Waals surface area contributed by atoms with E-state index < -0.39 is 0 Å². The number of aromatic amines is 1. The molecule has 98 valence electrons. The van der Waals surface area contributed by atoms with Gasteiger partial charge in [-0.15, -0.1) is 0 Å². The molecular weight excluding hydrogens is 230 g/mol. The third-order valence-corrected chi connectivity index (χ3v) is 2.89. The summed E-state index contributed by atoms with van der Waals surface area (Å²) in [7, 11) is 0. The van der Waals surface area contributed by atoms with Crippen LogP contribution in [0.15, 0.2) is 12.3 Å². The average molecular weight is 249 g/mol. The van der Waals surface area contributed by atoms with Crippen molar-refractivity contribution in [1.82, 2.24) is 15.0 Å². The van der Waals surface area contributed by atoms with Crippen LogP contribution in [-0.2, 0) is 0 Å². The van der Waals surface area contributed by atoms with E-state index in [1.807, 2.05) is 6.07 Å². The quantitative estimate of drug-likeness (QED) is 0.621. The molecule has 0 spiro atoms. The highest BCUT2D eigenvalue weighted by atomic mass is 16.3. The molecule has 5 N–H and O–H groups in total. The normalized spacial score (nSPS) is 12.8. The molecule has 0 aliphatic rings. The Morgan fingerprint density at radius 3 is 3.06 bits per heavy atom. The molecule has 1 atom stereocenters. The van der Waals surface area contributed by atoms with Crippen LogP contribution < -0.4 is 11.1 Å². The maximum Gasteiger partial charge on any atom is 0.222 e. The van der Waals surface area contributed by atoms with Gasteiger partial charge in [-0.05, 0) is 12.5 Å². The summed E-state index contributed by atoms with van der Waals surface area (Å²) in [4.78, 5) is 11.4. The van der Waals surface area contributed by atoms with Crippen molar-refractivity contribution < 1.29 is 5.11 Å². The van der Waals surface area contributed by atoms with E-state index in [2.05, 4.69) is 27.2 Å². The Kier molecular flexibility index (Phi) is 3.99. The summed E-state index contributed by atoms with van der Waals surface area (Å²) in [5.74, 6) is 0.884. The zero-order valence-electron chi connectivity index (χ0n) is 10.5. The van der Waals surface area contributed by atoms with Gasteiger partial charge in [-0.1, -0.05) is 19.8 Å². The lowest BCUT2D eigenvalue weighted by Crippen LogP contribution is -2.24. The maximum absolute atomic E-state index is 9.36. The van der Waals surface area contributed by atoms with Gasteiger partial charge in [0, 0.05) is 6.20 Å². The highest BCUT2D eigenvalue weighted by Crippen LogP contribution is 2.20. The molecule has 0 saturated heterocycles. The molecule has 2 rings (SSSR count). The second-order valence-corrected chi connectivity index (χ2v) is 4.33. The van der Waals surface area contributed by atoms with Crippen LogP contribution in [0, 0.1) is 0 Å². The second-order valence-electron chi connectivity index (χ2n) is 4.33. The van der Waals surface area contributed by atoms with Crippen LogP contribution in [0.4, 0.5) is 11.8 Å². The number of aliphatic hydroxyl groups is 1. The van der Waals surface area contributed by atoms with Crippen LogP contribution in [-0.4, -0.2) is 32.7 Å². The first-order chi connectivity index (χ1) is 8.74. The molecule has 0 amide bonds. The molecular formula is C12H19N5O. The Balaban J connectivity index is 2.21. The summed E-state index contributed by atoms with van der Waals surface area (Å²) in [5.41, 5.74) is 7.26. The Hall–Kier alpha value is -1.82. The summed E-state index contributed by atoms with van der Waals surface area (Å²) in [6.07, 6.45) is 4.86. The molecule has 0 fully saturated rings. The first kappa shape index (κ1) is 12.6. The zero-order chi connectivity index (χ0) is 13.0. The molecule has 0 saturated carbocycles. The molecule has 2 heterocycles. The van der Waals surface area contributed by atoms with Crippen LogP contribution >= 0.6 is 0 Å². The number of nitrogens with one attached hydrogen (secondary N) is 2. The van der Waals surface area contributed by atoms with Gasteiger partial charge in [-0.2, -0.15) is 4.98 Å². The van der Waals surface area contributed by atoms with Gasteiger partial charge in [0.25, 0.3) is 0 Å². The number of fused-ring (bicyclic) bond motifs is 1. The number of aliphatic hydroxyl groups excluding tert-OH is 1.